The Kier molecular flexibility index (Phi) is 5.43. The number of quaternary nitrogens is 1. The Morgan fingerprint density at radius 3 is 2.56 bits per heavy atom. The first kappa shape index (κ1) is 17.5. The van der Waals surface area contributed by atoms with E-state index in [1.165, 1.54) is 10.5 Å². The Morgan fingerprint density at radius 1 is 1.28 bits per heavy atom. The average molecular weight is 343 g/mol. The number of tetrazole rings is 1. The minimum absolute atomic E-state index is 0.0110. The summed E-state index contributed by atoms with van der Waals surface area (Å²) in [6.07, 6.45) is 1.68. The van der Waals surface area contributed by atoms with Crippen LogP contribution in [0.25, 0.3) is 0 Å². The highest BCUT2D eigenvalue weighted by molar-refractivity contribution is 5.76. The van der Waals surface area contributed by atoms with Gasteiger partial charge in [-0.3, -0.25) is 4.79 Å². The predicted octanol–water partition coefficient (Wildman–Crippen LogP) is 0.199. The van der Waals surface area contributed by atoms with E-state index in [9.17, 15) is 4.79 Å². The third-order valence-corrected chi connectivity index (χ3v) is 5.15. The monoisotopic (exact) mass is 343 g/mol. The van der Waals surface area contributed by atoms with Gasteiger partial charge in [-0.15, -0.1) is 5.10 Å². The van der Waals surface area contributed by atoms with Gasteiger partial charge in [0.05, 0.1) is 19.6 Å². The van der Waals surface area contributed by atoms with Crippen molar-refractivity contribution < 1.29 is 9.69 Å². The number of nitrogens with zero attached hydrogens (tertiary/aromatic N) is 4. The molecule has 2 heterocycles. The lowest BCUT2D eigenvalue weighted by Crippen LogP contribution is -3.14. The van der Waals surface area contributed by atoms with Gasteiger partial charge in [0, 0.05) is 24.7 Å². The molecule has 1 aliphatic heterocycles. The molecule has 3 N–H and O–H groups in total. The molecule has 0 spiro atoms. The van der Waals surface area contributed by atoms with Gasteiger partial charge < -0.3 is 10.6 Å². The summed E-state index contributed by atoms with van der Waals surface area (Å²) >= 11 is 0. The molecule has 7 nitrogen and oxygen atoms in total. The summed E-state index contributed by atoms with van der Waals surface area (Å²) in [5.74, 6) is 1.16. The van der Waals surface area contributed by atoms with E-state index in [0.29, 0.717) is 12.5 Å². The summed E-state index contributed by atoms with van der Waals surface area (Å²) in [4.78, 5) is 12.9. The van der Waals surface area contributed by atoms with Crippen molar-refractivity contribution in [1.29, 1.82) is 0 Å². The van der Waals surface area contributed by atoms with E-state index in [4.69, 9.17) is 5.73 Å². The van der Waals surface area contributed by atoms with Crippen molar-refractivity contribution in [3.8, 4) is 0 Å². The molecule has 3 rings (SSSR count). The molecule has 7 heteroatoms. The van der Waals surface area contributed by atoms with Gasteiger partial charge in [0.15, 0.2) is 6.04 Å². The van der Waals surface area contributed by atoms with Crippen LogP contribution in [0.3, 0.4) is 0 Å². The van der Waals surface area contributed by atoms with Crippen LogP contribution in [0.1, 0.15) is 44.1 Å². The van der Waals surface area contributed by atoms with Crippen LogP contribution in [0.5, 0.6) is 0 Å². The Morgan fingerprint density at radius 2 is 1.96 bits per heavy atom. The topological polar surface area (TPSA) is 91.1 Å². The van der Waals surface area contributed by atoms with Gasteiger partial charge >= 0.3 is 0 Å². The molecule has 0 radical (unpaired) electrons. The second-order valence-corrected chi connectivity index (χ2v) is 7.24. The zero-order valence-corrected chi connectivity index (χ0v) is 14.9. The summed E-state index contributed by atoms with van der Waals surface area (Å²) in [5, 5.41) is 12.5. The number of carbonyl (C=O) groups is 1. The van der Waals surface area contributed by atoms with Gasteiger partial charge in [-0.1, -0.05) is 44.2 Å². The molecular formula is C18H27N6O+. The van der Waals surface area contributed by atoms with Gasteiger partial charge in [0.25, 0.3) is 0 Å². The molecule has 0 unspecified atom stereocenters. The van der Waals surface area contributed by atoms with Crippen LogP contribution in [-0.4, -0.2) is 39.2 Å². The fraction of sp³-hybridized carbons (Fsp3) is 0.556. The number of piperidine rings is 1. The molecule has 1 aromatic carbocycles. The van der Waals surface area contributed by atoms with E-state index in [2.05, 4.69) is 41.5 Å². The molecule has 1 aliphatic rings. The molecule has 0 bridgehead atoms. The fourth-order valence-corrected chi connectivity index (χ4v) is 3.84. The number of aromatic nitrogens is 4. The number of amides is 1. The van der Waals surface area contributed by atoms with Crippen LogP contribution in [0.15, 0.2) is 30.3 Å². The molecule has 0 aliphatic carbocycles. The number of rotatable bonds is 6. The maximum Gasteiger partial charge on any atom is 0.220 e. The maximum atomic E-state index is 11.4. The van der Waals surface area contributed by atoms with Crippen molar-refractivity contribution in [1.82, 2.24) is 20.2 Å². The van der Waals surface area contributed by atoms with Crippen LogP contribution in [0.2, 0.25) is 0 Å². The minimum Gasteiger partial charge on any atom is -0.369 e. The highest BCUT2D eigenvalue weighted by Gasteiger charge is 2.36. The zero-order valence-electron chi connectivity index (χ0n) is 14.9. The van der Waals surface area contributed by atoms with Gasteiger partial charge in [0.1, 0.15) is 0 Å². The zero-order chi connectivity index (χ0) is 17.8. The summed E-state index contributed by atoms with van der Waals surface area (Å²) in [6.45, 7) is 6.94. The van der Waals surface area contributed by atoms with Gasteiger partial charge in [-0.2, -0.15) is 0 Å². The molecular weight excluding hydrogens is 316 g/mol. The number of primary amides is 1. The Bertz CT molecular complexity index is 691. The summed E-state index contributed by atoms with van der Waals surface area (Å²) in [6, 6.07) is 10.4. The predicted molar refractivity (Wildman–Crippen MR) is 93.6 cm³/mol. The highest BCUT2D eigenvalue weighted by Crippen LogP contribution is 2.19. The first-order chi connectivity index (χ1) is 12.1. The van der Waals surface area contributed by atoms with Crippen molar-refractivity contribution >= 4 is 5.91 Å². The minimum atomic E-state index is -0.172. The first-order valence-corrected chi connectivity index (χ1v) is 9.00. The molecule has 1 fully saturated rings. The van der Waals surface area contributed by atoms with Gasteiger partial charge in [-0.05, 0) is 16.0 Å². The number of nitrogens with one attached hydrogen (secondary N) is 1. The molecule has 1 atom stereocenters. The van der Waals surface area contributed by atoms with E-state index in [1.807, 2.05) is 22.9 Å². The standard InChI is InChI=1S/C18H26N6O/c1-13(2)16(23-10-8-15(9-11-23)17(19)25)18-20-21-22-24(18)12-14-6-4-3-5-7-14/h3-7,13,15-16H,8-12H2,1-2H3,(H2,19,25)/p+1/t16-/m1/s1. The molecule has 1 aromatic heterocycles. The van der Waals surface area contributed by atoms with E-state index < -0.39 is 0 Å². The summed E-state index contributed by atoms with van der Waals surface area (Å²) in [5.41, 5.74) is 6.65. The highest BCUT2D eigenvalue weighted by atomic mass is 16.1. The van der Waals surface area contributed by atoms with Crippen molar-refractivity contribution in [2.45, 2.75) is 39.3 Å². The lowest BCUT2D eigenvalue weighted by molar-refractivity contribution is -0.941. The van der Waals surface area contributed by atoms with Crippen LogP contribution in [0.4, 0.5) is 0 Å². The summed E-state index contributed by atoms with van der Waals surface area (Å²) in [7, 11) is 0. The third-order valence-electron chi connectivity index (χ3n) is 5.15. The molecule has 2 aromatic rings. The van der Waals surface area contributed by atoms with Crippen molar-refractivity contribution in [2.24, 2.45) is 17.6 Å². The average Bonchev–Trinajstić information content (AvgIpc) is 3.04. The number of likely N-dealkylation sites (tertiary alicyclic amines) is 1. The Labute approximate surface area is 148 Å². The lowest BCUT2D eigenvalue weighted by atomic mass is 9.92. The SMILES string of the molecule is CC(C)[C@H](c1nnnn1Cc1ccccc1)[NH+]1CCC(C(N)=O)CC1. The number of hydrogen-bond donors (Lipinski definition) is 2. The smallest absolute Gasteiger partial charge is 0.220 e. The second-order valence-electron chi connectivity index (χ2n) is 7.24. The first-order valence-electron chi connectivity index (χ1n) is 9.00. The number of hydrogen-bond acceptors (Lipinski definition) is 4. The van der Waals surface area contributed by atoms with Crippen LogP contribution in [0, 0.1) is 11.8 Å². The lowest BCUT2D eigenvalue weighted by Gasteiger charge is -2.35. The Balaban J connectivity index is 1.78. The van der Waals surface area contributed by atoms with Crippen molar-refractivity contribution in [3.63, 3.8) is 0 Å². The van der Waals surface area contributed by atoms with Crippen molar-refractivity contribution in [3.05, 3.63) is 41.7 Å². The normalized spacial score (nSPS) is 22.0. The van der Waals surface area contributed by atoms with E-state index in [0.717, 1.165) is 31.8 Å². The fourth-order valence-electron chi connectivity index (χ4n) is 3.84. The van der Waals surface area contributed by atoms with Crippen molar-refractivity contribution in [2.75, 3.05) is 13.1 Å². The molecule has 134 valence electrons. The molecule has 1 saturated heterocycles. The number of carbonyl (C=O) groups excluding carboxylic acids is 1. The van der Waals surface area contributed by atoms with Crippen LogP contribution >= 0.6 is 0 Å². The molecule has 25 heavy (non-hydrogen) atoms. The largest absolute Gasteiger partial charge is 0.369 e. The maximum absolute atomic E-state index is 11.4. The van der Waals surface area contributed by atoms with Crippen LogP contribution in [-0.2, 0) is 11.3 Å². The van der Waals surface area contributed by atoms with Gasteiger partial charge in [-0.25, -0.2) is 4.68 Å². The third kappa shape index (κ3) is 4.04. The molecule has 0 saturated carbocycles. The number of nitrogens with two attached hydrogens (primary N) is 1. The van der Waals surface area contributed by atoms with E-state index in [1.54, 1.807) is 0 Å². The summed E-state index contributed by atoms with van der Waals surface area (Å²) < 4.78 is 1.91. The van der Waals surface area contributed by atoms with Gasteiger partial charge in [0.2, 0.25) is 11.7 Å². The quantitative estimate of drug-likeness (QED) is 0.784. The van der Waals surface area contributed by atoms with E-state index in [-0.39, 0.29) is 17.9 Å². The van der Waals surface area contributed by atoms with E-state index >= 15 is 0 Å². The van der Waals surface area contributed by atoms with Crippen LogP contribution < -0.4 is 10.6 Å². The Hall–Kier alpha value is -2.28. The number of benzene rings is 1. The second kappa shape index (κ2) is 7.74. The molecule has 1 amide bonds.